The van der Waals surface area contributed by atoms with Crippen molar-refractivity contribution in [3.05, 3.63) is 72.3 Å². The van der Waals surface area contributed by atoms with E-state index >= 15 is 0 Å². The summed E-state index contributed by atoms with van der Waals surface area (Å²) in [4.78, 5) is 41.9. The quantitative estimate of drug-likeness (QED) is 0.271. The van der Waals surface area contributed by atoms with E-state index < -0.39 is 48.2 Å². The molecule has 2 aliphatic heterocycles. The SMILES string of the molecule is C=C(Cc1cc(F)cc(N2CCN(C(=O)Cn3cccn3)CC2)c1)[C@@H]1OC(=O)C[C@@H](O)CC[C@H](C)[C@@H](OC(=O)N[C@@H](C)CO)/C=C/[C@H]1C. The highest BCUT2D eigenvalue weighted by atomic mass is 19.1. The van der Waals surface area contributed by atoms with E-state index in [1.165, 1.54) is 12.1 Å². The summed E-state index contributed by atoms with van der Waals surface area (Å²) in [6.45, 7) is 11.6. The van der Waals surface area contributed by atoms with Crippen molar-refractivity contribution in [1.82, 2.24) is 20.0 Å². The van der Waals surface area contributed by atoms with Gasteiger partial charge in [0.2, 0.25) is 5.91 Å². The average Bonchev–Trinajstić information content (AvgIpc) is 3.56. The molecule has 2 amide bonds. The van der Waals surface area contributed by atoms with Crippen LogP contribution in [-0.4, -0.2) is 100 Å². The Hall–Kier alpha value is -4.23. The van der Waals surface area contributed by atoms with E-state index in [1.807, 2.05) is 30.9 Å². The van der Waals surface area contributed by atoms with Crippen molar-refractivity contribution in [3.8, 4) is 0 Å². The van der Waals surface area contributed by atoms with Gasteiger partial charge in [-0.1, -0.05) is 26.5 Å². The first-order valence-electron chi connectivity index (χ1n) is 16.5. The van der Waals surface area contributed by atoms with Crippen molar-refractivity contribution in [2.45, 2.75) is 77.4 Å². The highest BCUT2D eigenvalue weighted by Gasteiger charge is 2.29. The molecule has 2 aromatic rings. The number of piperazine rings is 1. The van der Waals surface area contributed by atoms with Crippen molar-refractivity contribution in [2.75, 3.05) is 37.7 Å². The molecule has 0 bridgehead atoms. The molecule has 3 heterocycles. The van der Waals surface area contributed by atoms with Crippen LogP contribution in [0.15, 0.2) is 61.0 Å². The molecule has 48 heavy (non-hydrogen) atoms. The predicted octanol–water partition coefficient (Wildman–Crippen LogP) is 3.23. The van der Waals surface area contributed by atoms with Crippen LogP contribution in [0.25, 0.3) is 0 Å². The highest BCUT2D eigenvalue weighted by molar-refractivity contribution is 5.76. The lowest BCUT2D eigenvalue weighted by atomic mass is 9.90. The van der Waals surface area contributed by atoms with Crippen molar-refractivity contribution in [2.24, 2.45) is 11.8 Å². The lowest BCUT2D eigenvalue weighted by Crippen LogP contribution is -2.49. The van der Waals surface area contributed by atoms with Gasteiger partial charge in [0.15, 0.2) is 0 Å². The second kappa shape index (κ2) is 17.3. The number of aliphatic hydroxyl groups is 2. The second-order valence-corrected chi connectivity index (χ2v) is 12.9. The number of hydrogen-bond donors (Lipinski definition) is 3. The maximum atomic E-state index is 14.9. The Bertz CT molecular complexity index is 1430. The van der Waals surface area contributed by atoms with Gasteiger partial charge >= 0.3 is 12.1 Å². The van der Waals surface area contributed by atoms with Gasteiger partial charge in [-0.25, -0.2) is 9.18 Å². The molecule has 0 spiro atoms. The summed E-state index contributed by atoms with van der Waals surface area (Å²) in [7, 11) is 0. The number of amides is 2. The molecule has 1 aromatic carbocycles. The number of nitrogens with zero attached hydrogens (tertiary/aromatic N) is 4. The molecule has 3 N–H and O–H groups in total. The Balaban J connectivity index is 1.45. The number of halogens is 1. The molecule has 13 heteroatoms. The van der Waals surface area contributed by atoms with Crippen molar-refractivity contribution in [3.63, 3.8) is 0 Å². The van der Waals surface area contributed by atoms with Gasteiger partial charge in [-0.3, -0.25) is 14.3 Å². The third-order valence-corrected chi connectivity index (χ3v) is 8.77. The van der Waals surface area contributed by atoms with E-state index in [2.05, 4.69) is 17.0 Å². The number of nitrogens with one attached hydrogen (secondary N) is 1. The van der Waals surface area contributed by atoms with Crippen LogP contribution >= 0.6 is 0 Å². The third kappa shape index (κ3) is 10.6. The number of cyclic esters (lactones) is 1. The van der Waals surface area contributed by atoms with Crippen LogP contribution in [0.1, 0.15) is 45.6 Å². The summed E-state index contributed by atoms with van der Waals surface area (Å²) < 4.78 is 28.1. The minimum absolute atomic E-state index is 0.0243. The molecule has 1 saturated heterocycles. The summed E-state index contributed by atoms with van der Waals surface area (Å²) in [6.07, 6.45) is 4.72. The fourth-order valence-corrected chi connectivity index (χ4v) is 5.93. The topological polar surface area (TPSA) is 146 Å². The van der Waals surface area contributed by atoms with E-state index in [9.17, 15) is 29.0 Å². The van der Waals surface area contributed by atoms with Gasteiger partial charge in [0.25, 0.3) is 0 Å². The number of anilines is 1. The molecule has 0 saturated carbocycles. The molecular formula is C35H48FN5O7. The molecule has 0 unspecified atom stereocenters. The van der Waals surface area contributed by atoms with Gasteiger partial charge in [-0.05, 0) is 73.6 Å². The van der Waals surface area contributed by atoms with E-state index in [1.54, 1.807) is 41.0 Å². The number of carbonyl (C=O) groups excluding carboxylic acids is 3. The standard InChI is InChI=1S/C35H48FN5O7/c1-23-6-8-30(43)20-33(45)48-34(24(2)7-9-31(23)47-35(46)38-26(4)22-42)25(3)16-27-17-28(36)19-29(18-27)39-12-14-40(15-13-39)32(44)21-41-11-5-10-37-41/h5,7,9-11,17-19,23-24,26,30-31,34,42-43H,3,6,8,12-16,20-22H2,1-2,4H3,(H,38,46)/b9-7+/t23-,24+,26-,30-,31-,34+/m0/s1. The fraction of sp³-hybridized carbons (Fsp3) is 0.543. The van der Waals surface area contributed by atoms with E-state index in [4.69, 9.17) is 9.47 Å². The largest absolute Gasteiger partial charge is 0.457 e. The number of alkyl carbamates (subject to hydrolysis) is 1. The number of benzene rings is 1. The normalized spacial score (nSPS) is 25.2. The molecule has 4 rings (SSSR count). The number of carbonyl (C=O) groups is 3. The number of aromatic nitrogens is 2. The van der Waals surface area contributed by atoms with Gasteiger partial charge in [0.1, 0.15) is 24.6 Å². The lowest BCUT2D eigenvalue weighted by Gasteiger charge is -2.36. The number of hydrogen-bond acceptors (Lipinski definition) is 9. The molecule has 0 radical (unpaired) electrons. The summed E-state index contributed by atoms with van der Waals surface area (Å²) in [5, 5.41) is 26.5. The van der Waals surface area contributed by atoms with E-state index in [0.717, 1.165) is 0 Å². The molecule has 12 nitrogen and oxygen atoms in total. The summed E-state index contributed by atoms with van der Waals surface area (Å²) in [5.74, 6) is -1.56. The minimum atomic E-state index is -0.941. The van der Waals surface area contributed by atoms with Gasteiger partial charge < -0.3 is 34.8 Å². The summed E-state index contributed by atoms with van der Waals surface area (Å²) >= 11 is 0. The van der Waals surface area contributed by atoms with Gasteiger partial charge in [-0.15, -0.1) is 0 Å². The van der Waals surface area contributed by atoms with E-state index in [-0.39, 0.29) is 37.8 Å². The first-order chi connectivity index (χ1) is 22.9. The van der Waals surface area contributed by atoms with Crippen LogP contribution in [0, 0.1) is 17.7 Å². The van der Waals surface area contributed by atoms with Crippen LogP contribution in [0.2, 0.25) is 0 Å². The predicted molar refractivity (Wildman–Crippen MR) is 177 cm³/mol. The zero-order valence-electron chi connectivity index (χ0n) is 28.0. The Morgan fingerprint density at radius 3 is 2.60 bits per heavy atom. The second-order valence-electron chi connectivity index (χ2n) is 12.9. The van der Waals surface area contributed by atoms with Gasteiger partial charge in [-0.2, -0.15) is 5.10 Å². The molecule has 1 aromatic heterocycles. The number of aliphatic hydroxyl groups excluding tert-OH is 2. The van der Waals surface area contributed by atoms with Gasteiger partial charge in [0, 0.05) is 50.2 Å². The van der Waals surface area contributed by atoms with Crippen molar-refractivity contribution >= 4 is 23.7 Å². The maximum Gasteiger partial charge on any atom is 0.408 e. The number of rotatable bonds is 9. The Kier molecular flexibility index (Phi) is 13.2. The zero-order chi connectivity index (χ0) is 34.8. The van der Waals surface area contributed by atoms with Crippen molar-refractivity contribution in [1.29, 1.82) is 0 Å². The van der Waals surface area contributed by atoms with Crippen LogP contribution in [-0.2, 0) is 32.0 Å². The summed E-state index contributed by atoms with van der Waals surface area (Å²) in [5.41, 5.74) is 1.87. The summed E-state index contributed by atoms with van der Waals surface area (Å²) in [6, 6.07) is 6.07. The molecule has 6 atom stereocenters. The van der Waals surface area contributed by atoms with E-state index in [0.29, 0.717) is 55.8 Å². The Labute approximate surface area is 281 Å². The molecular weight excluding hydrogens is 621 g/mol. The number of esters is 1. The molecule has 2 aliphatic rings. The number of ether oxygens (including phenoxy) is 2. The van der Waals surface area contributed by atoms with Crippen molar-refractivity contribution < 1.29 is 38.5 Å². The van der Waals surface area contributed by atoms with Crippen LogP contribution in [0.4, 0.5) is 14.9 Å². The Morgan fingerprint density at radius 1 is 1.17 bits per heavy atom. The molecule has 1 fully saturated rings. The third-order valence-electron chi connectivity index (χ3n) is 8.77. The monoisotopic (exact) mass is 669 g/mol. The average molecular weight is 670 g/mol. The first-order valence-corrected chi connectivity index (χ1v) is 16.5. The Morgan fingerprint density at radius 2 is 1.92 bits per heavy atom. The first kappa shape index (κ1) is 36.6. The van der Waals surface area contributed by atoms with Crippen LogP contribution < -0.4 is 10.2 Å². The molecule has 262 valence electrons. The smallest absolute Gasteiger partial charge is 0.408 e. The molecule has 0 aliphatic carbocycles. The highest BCUT2D eigenvalue weighted by Crippen LogP contribution is 2.28. The maximum absolute atomic E-state index is 14.9. The van der Waals surface area contributed by atoms with Crippen LogP contribution in [0.3, 0.4) is 0 Å². The van der Waals surface area contributed by atoms with Gasteiger partial charge in [0.05, 0.1) is 25.2 Å². The minimum Gasteiger partial charge on any atom is -0.457 e. The zero-order valence-corrected chi connectivity index (χ0v) is 28.0. The van der Waals surface area contributed by atoms with Crippen LogP contribution in [0.5, 0.6) is 0 Å². The fourth-order valence-electron chi connectivity index (χ4n) is 5.93. The lowest BCUT2D eigenvalue weighted by molar-refractivity contribution is -0.151.